The zero-order valence-electron chi connectivity index (χ0n) is 12.0. The van der Waals surface area contributed by atoms with Crippen molar-refractivity contribution >= 4 is 0 Å². The Balaban J connectivity index is 1.73. The lowest BCUT2D eigenvalue weighted by molar-refractivity contribution is 0.136. The smallest absolute Gasteiger partial charge is 0.0535 e. The molecule has 2 aromatic carbocycles. The van der Waals surface area contributed by atoms with E-state index in [1.54, 1.807) is 0 Å². The van der Waals surface area contributed by atoms with Gasteiger partial charge in [0.2, 0.25) is 0 Å². The van der Waals surface area contributed by atoms with Gasteiger partial charge in [0.25, 0.3) is 0 Å². The van der Waals surface area contributed by atoms with Crippen LogP contribution in [0.3, 0.4) is 0 Å². The van der Waals surface area contributed by atoms with E-state index in [-0.39, 0.29) is 5.54 Å². The molecule has 0 radical (unpaired) electrons. The van der Waals surface area contributed by atoms with Crippen molar-refractivity contribution in [2.24, 2.45) is 0 Å². The maximum atomic E-state index is 3.69. The minimum absolute atomic E-state index is 0.0499. The van der Waals surface area contributed by atoms with Gasteiger partial charge in [0.1, 0.15) is 0 Å². The van der Waals surface area contributed by atoms with E-state index in [0.29, 0.717) is 0 Å². The van der Waals surface area contributed by atoms with Gasteiger partial charge in [-0.05, 0) is 18.1 Å². The van der Waals surface area contributed by atoms with Crippen LogP contribution in [-0.2, 0) is 12.1 Å². The molecule has 1 N–H and O–H groups in total. The third-order valence-corrected chi connectivity index (χ3v) is 4.14. The molecule has 1 aliphatic heterocycles. The minimum atomic E-state index is 0.0499. The first kappa shape index (κ1) is 13.3. The van der Waals surface area contributed by atoms with Gasteiger partial charge in [-0.3, -0.25) is 4.90 Å². The van der Waals surface area contributed by atoms with E-state index in [2.05, 4.69) is 77.8 Å². The van der Waals surface area contributed by atoms with E-state index in [9.17, 15) is 0 Å². The van der Waals surface area contributed by atoms with Crippen LogP contribution in [0, 0.1) is 0 Å². The highest BCUT2D eigenvalue weighted by Gasteiger charge is 2.31. The zero-order chi connectivity index (χ0) is 13.8. The van der Waals surface area contributed by atoms with E-state index in [1.807, 2.05) is 0 Å². The second-order valence-electron chi connectivity index (χ2n) is 5.82. The predicted octanol–water partition coefficient (Wildman–Crippen LogP) is 3.01. The number of benzene rings is 2. The van der Waals surface area contributed by atoms with Gasteiger partial charge in [-0.15, -0.1) is 0 Å². The van der Waals surface area contributed by atoms with Gasteiger partial charge in [-0.2, -0.15) is 0 Å². The summed E-state index contributed by atoms with van der Waals surface area (Å²) in [5.41, 5.74) is 2.82. The summed E-state index contributed by atoms with van der Waals surface area (Å²) in [6.45, 7) is 6.53. The molecule has 104 valence electrons. The Hall–Kier alpha value is -1.64. The predicted molar refractivity (Wildman–Crippen MR) is 83.5 cm³/mol. The Kier molecular flexibility index (Phi) is 3.86. The molecule has 1 aliphatic rings. The molecule has 0 saturated carbocycles. The second kappa shape index (κ2) is 5.78. The molecule has 2 heteroatoms. The van der Waals surface area contributed by atoms with Gasteiger partial charge >= 0.3 is 0 Å². The van der Waals surface area contributed by atoms with E-state index >= 15 is 0 Å². The Morgan fingerprint density at radius 2 is 1.65 bits per heavy atom. The Morgan fingerprint density at radius 3 is 2.35 bits per heavy atom. The van der Waals surface area contributed by atoms with Gasteiger partial charge in [-0.25, -0.2) is 0 Å². The van der Waals surface area contributed by atoms with Crippen molar-refractivity contribution in [3.63, 3.8) is 0 Å². The molecular formula is C18H22N2. The molecule has 0 aromatic heterocycles. The molecule has 1 heterocycles. The van der Waals surface area contributed by atoms with Crippen molar-refractivity contribution in [1.29, 1.82) is 0 Å². The van der Waals surface area contributed by atoms with Crippen molar-refractivity contribution in [2.75, 3.05) is 19.6 Å². The lowest BCUT2D eigenvalue weighted by Crippen LogP contribution is -2.56. The molecule has 1 fully saturated rings. The Morgan fingerprint density at radius 1 is 1.00 bits per heavy atom. The fourth-order valence-electron chi connectivity index (χ4n) is 3.05. The lowest BCUT2D eigenvalue weighted by atomic mass is 9.89. The SMILES string of the molecule is CC1(c2ccccc2)CN(Cc2ccccc2)CCN1. The number of hydrogen-bond acceptors (Lipinski definition) is 2. The van der Waals surface area contributed by atoms with Crippen molar-refractivity contribution in [2.45, 2.75) is 19.0 Å². The molecule has 2 aromatic rings. The number of rotatable bonds is 3. The number of hydrogen-bond donors (Lipinski definition) is 1. The Labute approximate surface area is 121 Å². The maximum Gasteiger partial charge on any atom is 0.0535 e. The molecule has 0 amide bonds. The van der Waals surface area contributed by atoms with Crippen LogP contribution in [0.15, 0.2) is 60.7 Å². The molecule has 0 aliphatic carbocycles. The maximum absolute atomic E-state index is 3.69. The van der Waals surface area contributed by atoms with Crippen molar-refractivity contribution < 1.29 is 0 Å². The quantitative estimate of drug-likeness (QED) is 0.918. The van der Waals surface area contributed by atoms with Crippen LogP contribution in [0.2, 0.25) is 0 Å². The van der Waals surface area contributed by atoms with Gasteiger partial charge in [0.15, 0.2) is 0 Å². The molecular weight excluding hydrogens is 244 g/mol. The number of piperazine rings is 1. The molecule has 1 atom stereocenters. The van der Waals surface area contributed by atoms with E-state index in [4.69, 9.17) is 0 Å². The van der Waals surface area contributed by atoms with Crippen LogP contribution in [0.4, 0.5) is 0 Å². The topological polar surface area (TPSA) is 15.3 Å². The zero-order valence-corrected chi connectivity index (χ0v) is 12.0. The molecule has 2 nitrogen and oxygen atoms in total. The van der Waals surface area contributed by atoms with Crippen LogP contribution < -0.4 is 5.32 Å². The molecule has 20 heavy (non-hydrogen) atoms. The third-order valence-electron chi connectivity index (χ3n) is 4.14. The van der Waals surface area contributed by atoms with Gasteiger partial charge < -0.3 is 5.32 Å². The highest BCUT2D eigenvalue weighted by Crippen LogP contribution is 2.25. The van der Waals surface area contributed by atoms with Gasteiger partial charge in [-0.1, -0.05) is 60.7 Å². The third kappa shape index (κ3) is 2.92. The van der Waals surface area contributed by atoms with E-state index in [0.717, 1.165) is 26.2 Å². The lowest BCUT2D eigenvalue weighted by Gasteiger charge is -2.42. The van der Waals surface area contributed by atoms with Crippen LogP contribution in [0.1, 0.15) is 18.1 Å². The van der Waals surface area contributed by atoms with Crippen molar-refractivity contribution in [3.8, 4) is 0 Å². The van der Waals surface area contributed by atoms with Crippen LogP contribution >= 0.6 is 0 Å². The normalized spacial score (nSPS) is 23.6. The van der Waals surface area contributed by atoms with Crippen LogP contribution in [0.5, 0.6) is 0 Å². The summed E-state index contributed by atoms with van der Waals surface area (Å²) in [7, 11) is 0. The fourth-order valence-corrected chi connectivity index (χ4v) is 3.05. The monoisotopic (exact) mass is 266 g/mol. The van der Waals surface area contributed by atoms with Gasteiger partial charge in [0, 0.05) is 26.2 Å². The summed E-state index contributed by atoms with van der Waals surface area (Å²) in [5.74, 6) is 0. The summed E-state index contributed by atoms with van der Waals surface area (Å²) in [4.78, 5) is 2.54. The average molecular weight is 266 g/mol. The van der Waals surface area contributed by atoms with Crippen LogP contribution in [-0.4, -0.2) is 24.5 Å². The number of nitrogens with zero attached hydrogens (tertiary/aromatic N) is 1. The largest absolute Gasteiger partial charge is 0.305 e. The Bertz CT molecular complexity index is 538. The first-order chi connectivity index (χ1) is 9.76. The summed E-state index contributed by atoms with van der Waals surface area (Å²) in [6, 6.07) is 21.5. The summed E-state index contributed by atoms with van der Waals surface area (Å²) in [6.07, 6.45) is 0. The standard InChI is InChI=1S/C18H22N2/c1-18(17-10-6-3-7-11-17)15-20(13-12-19-18)14-16-8-4-2-5-9-16/h2-11,19H,12-15H2,1H3. The molecule has 1 saturated heterocycles. The number of nitrogens with one attached hydrogen (secondary N) is 1. The van der Waals surface area contributed by atoms with E-state index < -0.39 is 0 Å². The van der Waals surface area contributed by atoms with E-state index in [1.165, 1.54) is 11.1 Å². The first-order valence-electron chi connectivity index (χ1n) is 7.33. The van der Waals surface area contributed by atoms with Gasteiger partial charge in [0.05, 0.1) is 5.54 Å². The molecule has 0 spiro atoms. The molecule has 1 unspecified atom stereocenters. The molecule has 3 rings (SSSR count). The second-order valence-corrected chi connectivity index (χ2v) is 5.82. The van der Waals surface area contributed by atoms with Crippen molar-refractivity contribution in [1.82, 2.24) is 10.2 Å². The van der Waals surface area contributed by atoms with Crippen LogP contribution in [0.25, 0.3) is 0 Å². The average Bonchev–Trinajstić information content (AvgIpc) is 2.49. The highest BCUT2D eigenvalue weighted by molar-refractivity contribution is 5.25. The molecule has 0 bridgehead atoms. The summed E-state index contributed by atoms with van der Waals surface area (Å²) < 4.78 is 0. The van der Waals surface area contributed by atoms with Crippen molar-refractivity contribution in [3.05, 3.63) is 71.8 Å². The minimum Gasteiger partial charge on any atom is -0.305 e. The fraction of sp³-hybridized carbons (Fsp3) is 0.333. The first-order valence-corrected chi connectivity index (χ1v) is 7.33. The summed E-state index contributed by atoms with van der Waals surface area (Å²) >= 11 is 0. The highest BCUT2D eigenvalue weighted by atomic mass is 15.2. The summed E-state index contributed by atoms with van der Waals surface area (Å²) in [5, 5.41) is 3.69.